The monoisotopic (exact) mass is 555 g/mol. The van der Waals surface area contributed by atoms with Gasteiger partial charge in [0.15, 0.2) is 5.82 Å². The molecule has 6 heteroatoms. The Hall–Kier alpha value is -5.46. The van der Waals surface area contributed by atoms with Crippen molar-refractivity contribution in [1.82, 2.24) is 24.5 Å². The van der Waals surface area contributed by atoms with Gasteiger partial charge in [0, 0.05) is 49.3 Å². The summed E-state index contributed by atoms with van der Waals surface area (Å²) in [5.74, 6) is 0.715. The van der Waals surface area contributed by atoms with Gasteiger partial charge in [-0.25, -0.2) is 19.9 Å². The van der Waals surface area contributed by atoms with Gasteiger partial charge in [-0.2, -0.15) is 0 Å². The molecule has 0 aliphatic rings. The lowest BCUT2D eigenvalue weighted by Gasteiger charge is -2.11. The second kappa shape index (κ2) is 9.03. The van der Waals surface area contributed by atoms with Gasteiger partial charge in [0.2, 0.25) is 0 Å². The molecule has 9 aromatic rings. The van der Waals surface area contributed by atoms with Gasteiger partial charge < -0.3 is 4.57 Å². The molecule has 0 fully saturated rings. The molecule has 0 saturated heterocycles. The van der Waals surface area contributed by atoms with Gasteiger partial charge in [-0.05, 0) is 48.5 Å². The third-order valence-electron chi connectivity index (χ3n) is 7.96. The van der Waals surface area contributed by atoms with Crippen LogP contribution in [-0.2, 0) is 0 Å². The summed E-state index contributed by atoms with van der Waals surface area (Å²) in [7, 11) is 0. The number of hydrogen-bond acceptors (Lipinski definition) is 5. The fraction of sp³-hybridized carbons (Fsp3) is 0. The van der Waals surface area contributed by atoms with E-state index in [1.807, 2.05) is 36.5 Å². The highest BCUT2D eigenvalue weighted by Gasteiger charge is 2.17. The summed E-state index contributed by atoms with van der Waals surface area (Å²) >= 11 is 1.74. The maximum atomic E-state index is 5.06. The quantitative estimate of drug-likeness (QED) is 0.218. The molecular weight excluding hydrogens is 534 g/mol. The fourth-order valence-electron chi connectivity index (χ4n) is 6.04. The highest BCUT2D eigenvalue weighted by Crippen LogP contribution is 2.40. The van der Waals surface area contributed by atoms with Crippen molar-refractivity contribution >= 4 is 64.3 Å². The predicted octanol–water partition coefficient (Wildman–Crippen LogP) is 9.22. The molecule has 0 saturated carbocycles. The van der Waals surface area contributed by atoms with E-state index in [0.717, 1.165) is 54.5 Å². The number of thiophene rings is 1. The zero-order valence-corrected chi connectivity index (χ0v) is 23.1. The van der Waals surface area contributed by atoms with Gasteiger partial charge in [-0.1, -0.05) is 66.7 Å². The van der Waals surface area contributed by atoms with Crippen LogP contribution in [0.5, 0.6) is 0 Å². The molecule has 0 unspecified atom stereocenters. The normalized spacial score (nSPS) is 11.8. The van der Waals surface area contributed by atoms with E-state index in [1.54, 1.807) is 17.7 Å². The van der Waals surface area contributed by atoms with E-state index in [0.29, 0.717) is 5.82 Å². The Morgan fingerprint density at radius 1 is 0.571 bits per heavy atom. The zero-order chi connectivity index (χ0) is 27.6. The smallest absolute Gasteiger partial charge is 0.160 e. The Bertz CT molecular complexity index is 2460. The van der Waals surface area contributed by atoms with Gasteiger partial charge >= 0.3 is 0 Å². The average molecular weight is 556 g/mol. The largest absolute Gasteiger partial charge is 0.309 e. The van der Waals surface area contributed by atoms with Crippen LogP contribution in [0.3, 0.4) is 0 Å². The van der Waals surface area contributed by atoms with Crippen molar-refractivity contribution in [2.24, 2.45) is 0 Å². The SMILES string of the molecule is c1ccc(-c2nc(-c3ccc(-n4c5ccccc5c5cc6sc7cncnc7c6cc54)cc3)nc3ccccc23)cc1. The molecule has 5 aromatic carbocycles. The number of aromatic nitrogens is 5. The highest BCUT2D eigenvalue weighted by molar-refractivity contribution is 7.25. The van der Waals surface area contributed by atoms with Gasteiger partial charge in [-0.15, -0.1) is 11.3 Å². The van der Waals surface area contributed by atoms with Crippen molar-refractivity contribution in [3.8, 4) is 28.3 Å². The van der Waals surface area contributed by atoms with E-state index < -0.39 is 0 Å². The molecule has 5 nitrogen and oxygen atoms in total. The van der Waals surface area contributed by atoms with Crippen LogP contribution in [0.1, 0.15) is 0 Å². The summed E-state index contributed by atoms with van der Waals surface area (Å²) in [6, 6.07) is 40.3. The van der Waals surface area contributed by atoms with Crippen molar-refractivity contribution in [2.45, 2.75) is 0 Å². The molecule has 196 valence electrons. The van der Waals surface area contributed by atoms with Gasteiger partial charge in [0.1, 0.15) is 6.33 Å². The lowest BCUT2D eigenvalue weighted by Crippen LogP contribution is -1.97. The lowest BCUT2D eigenvalue weighted by atomic mass is 10.1. The number of para-hydroxylation sites is 2. The van der Waals surface area contributed by atoms with Crippen LogP contribution in [0.2, 0.25) is 0 Å². The Labute approximate surface area is 244 Å². The van der Waals surface area contributed by atoms with Crippen molar-refractivity contribution in [2.75, 3.05) is 0 Å². The molecular formula is C36H21N5S. The summed E-state index contributed by atoms with van der Waals surface area (Å²) in [4.78, 5) is 18.9. The Morgan fingerprint density at radius 2 is 1.36 bits per heavy atom. The minimum absolute atomic E-state index is 0.715. The predicted molar refractivity (Wildman–Crippen MR) is 173 cm³/mol. The standard InChI is InChI=1S/C36H21N5S/c1-2-8-22(9-3-1)34-26-11-4-6-12-29(26)39-36(40-34)23-14-16-24(17-15-23)41-30-13-7-5-10-25(30)27-19-32-28(18-31(27)41)35-33(42-32)20-37-21-38-35/h1-21H. The van der Waals surface area contributed by atoms with Crippen LogP contribution in [0, 0.1) is 0 Å². The van der Waals surface area contributed by atoms with Crippen LogP contribution in [-0.4, -0.2) is 24.5 Å². The molecule has 4 aromatic heterocycles. The Balaban J connectivity index is 1.23. The van der Waals surface area contributed by atoms with Crippen LogP contribution < -0.4 is 0 Å². The number of hydrogen-bond donors (Lipinski definition) is 0. The zero-order valence-electron chi connectivity index (χ0n) is 22.3. The van der Waals surface area contributed by atoms with Crippen LogP contribution in [0.4, 0.5) is 0 Å². The maximum Gasteiger partial charge on any atom is 0.160 e. The van der Waals surface area contributed by atoms with Gasteiger partial charge in [0.25, 0.3) is 0 Å². The van der Waals surface area contributed by atoms with E-state index in [9.17, 15) is 0 Å². The molecule has 0 bridgehead atoms. The van der Waals surface area contributed by atoms with E-state index in [1.165, 1.54) is 21.0 Å². The van der Waals surface area contributed by atoms with Crippen molar-refractivity contribution in [3.05, 3.63) is 128 Å². The molecule has 0 amide bonds. The number of fused-ring (bicyclic) bond motifs is 7. The molecule has 0 radical (unpaired) electrons. The van der Waals surface area contributed by atoms with Gasteiger partial charge in [-0.3, -0.25) is 0 Å². The molecule has 0 spiro atoms. The lowest BCUT2D eigenvalue weighted by molar-refractivity contribution is 1.17. The fourth-order valence-corrected chi connectivity index (χ4v) is 7.09. The summed E-state index contributed by atoms with van der Waals surface area (Å²) in [6.07, 6.45) is 3.53. The van der Waals surface area contributed by atoms with Crippen molar-refractivity contribution < 1.29 is 0 Å². The summed E-state index contributed by atoms with van der Waals surface area (Å²) in [5.41, 5.74) is 8.35. The van der Waals surface area contributed by atoms with E-state index in [4.69, 9.17) is 9.97 Å². The van der Waals surface area contributed by atoms with Crippen molar-refractivity contribution in [1.29, 1.82) is 0 Å². The minimum Gasteiger partial charge on any atom is -0.309 e. The maximum absolute atomic E-state index is 5.06. The molecule has 0 aliphatic carbocycles. The molecule has 0 aliphatic heterocycles. The first-order valence-corrected chi connectivity index (χ1v) is 14.6. The molecule has 0 N–H and O–H groups in total. The molecule has 9 rings (SSSR count). The first kappa shape index (κ1) is 23.3. The van der Waals surface area contributed by atoms with Crippen molar-refractivity contribution in [3.63, 3.8) is 0 Å². The number of nitrogens with zero attached hydrogens (tertiary/aromatic N) is 5. The summed E-state index contributed by atoms with van der Waals surface area (Å²) < 4.78 is 4.67. The Kier molecular flexibility index (Phi) is 5.00. The number of benzene rings is 5. The van der Waals surface area contributed by atoms with Gasteiger partial charge in [0.05, 0.1) is 32.5 Å². The molecule has 0 atom stereocenters. The first-order valence-electron chi connectivity index (χ1n) is 13.8. The van der Waals surface area contributed by atoms with E-state index in [-0.39, 0.29) is 0 Å². The van der Waals surface area contributed by atoms with E-state index >= 15 is 0 Å². The molecule has 42 heavy (non-hydrogen) atoms. The third-order valence-corrected chi connectivity index (χ3v) is 9.04. The third kappa shape index (κ3) is 3.49. The van der Waals surface area contributed by atoms with Crippen LogP contribution >= 0.6 is 11.3 Å². The first-order chi connectivity index (χ1) is 20.8. The van der Waals surface area contributed by atoms with Crippen LogP contribution in [0.15, 0.2) is 128 Å². The average Bonchev–Trinajstić information content (AvgIpc) is 3.58. The second-order valence-corrected chi connectivity index (χ2v) is 11.5. The Morgan fingerprint density at radius 3 is 2.24 bits per heavy atom. The van der Waals surface area contributed by atoms with E-state index in [2.05, 4.69) is 99.5 Å². The van der Waals surface area contributed by atoms with Crippen LogP contribution in [0.25, 0.3) is 81.3 Å². The summed E-state index contributed by atoms with van der Waals surface area (Å²) in [5, 5.41) is 4.66. The minimum atomic E-state index is 0.715. The second-order valence-electron chi connectivity index (χ2n) is 10.4. The topological polar surface area (TPSA) is 56.5 Å². The number of rotatable bonds is 3. The molecule has 4 heterocycles. The highest BCUT2D eigenvalue weighted by atomic mass is 32.1. The summed E-state index contributed by atoms with van der Waals surface area (Å²) in [6.45, 7) is 0.